The van der Waals surface area contributed by atoms with Crippen molar-refractivity contribution in [1.29, 1.82) is 0 Å². The summed E-state index contributed by atoms with van der Waals surface area (Å²) in [6.45, 7) is 0. The molecule has 2 aromatic heterocycles. The molecule has 0 atom stereocenters. The number of rotatable bonds is 7. The van der Waals surface area contributed by atoms with Gasteiger partial charge in [0, 0.05) is 33.2 Å². The van der Waals surface area contributed by atoms with Crippen molar-refractivity contribution in [2.45, 2.75) is 0 Å². The first kappa shape index (κ1) is 38.5. The number of para-hydroxylation sites is 2. The van der Waals surface area contributed by atoms with Crippen molar-refractivity contribution in [3.8, 4) is 73.2 Å². The van der Waals surface area contributed by atoms with Crippen LogP contribution in [0, 0.1) is 0 Å². The molecule has 0 N–H and O–H groups in total. The highest BCUT2D eigenvalue weighted by molar-refractivity contribution is 6.20. The van der Waals surface area contributed by atoms with E-state index in [2.05, 4.69) is 241 Å². The fraction of sp³-hybridized carbons (Fsp3) is 0. The smallest absolute Gasteiger partial charge is 0.164 e. The highest BCUT2D eigenvalue weighted by Gasteiger charge is 2.18. The Kier molecular flexibility index (Phi) is 9.14. The minimum Gasteiger partial charge on any atom is -0.309 e. The standard InChI is InChI=1S/C63H40N4/c1-3-14-41(15-4-1)42-26-32-46(33-27-42)61-64-62(47-34-28-44(29-35-47)52-23-13-25-58-60(52)55-22-11-12-24-57(55)67(58)50-18-5-2-6-19-50)66-63(65-61)48-36-30-45(31-37-48)59-53-21-10-8-17-49(53)40-56-51-20-9-7-16-43(51)38-39-54(56)59/h1-40H. The third kappa shape index (κ3) is 6.65. The lowest BCUT2D eigenvalue weighted by molar-refractivity contribution is 1.07. The van der Waals surface area contributed by atoms with Crippen LogP contribution in [0.25, 0.3) is 127 Å². The molecule has 0 spiro atoms. The molecule has 13 aromatic rings. The van der Waals surface area contributed by atoms with Crippen LogP contribution in [0.4, 0.5) is 0 Å². The summed E-state index contributed by atoms with van der Waals surface area (Å²) in [5.74, 6) is 1.86. The van der Waals surface area contributed by atoms with E-state index in [9.17, 15) is 0 Å². The fourth-order valence-corrected chi connectivity index (χ4v) is 10.0. The fourth-order valence-electron chi connectivity index (χ4n) is 10.0. The Morgan fingerprint density at radius 3 is 1.43 bits per heavy atom. The summed E-state index contributed by atoms with van der Waals surface area (Å²) in [5, 5.41) is 9.87. The van der Waals surface area contributed by atoms with Crippen LogP contribution in [0.5, 0.6) is 0 Å². The number of hydrogen-bond acceptors (Lipinski definition) is 3. The van der Waals surface area contributed by atoms with Gasteiger partial charge in [-0.25, -0.2) is 15.0 Å². The Morgan fingerprint density at radius 1 is 0.269 bits per heavy atom. The zero-order chi connectivity index (χ0) is 44.3. The van der Waals surface area contributed by atoms with Crippen LogP contribution in [-0.4, -0.2) is 19.5 Å². The molecule has 0 aliphatic carbocycles. The molecule has 0 radical (unpaired) electrons. The summed E-state index contributed by atoms with van der Waals surface area (Å²) in [6.07, 6.45) is 0. The first-order valence-corrected chi connectivity index (χ1v) is 22.8. The topological polar surface area (TPSA) is 43.6 Å². The summed E-state index contributed by atoms with van der Waals surface area (Å²) in [4.78, 5) is 15.5. The van der Waals surface area contributed by atoms with Gasteiger partial charge in [-0.3, -0.25) is 0 Å². The van der Waals surface area contributed by atoms with E-state index in [1.807, 2.05) is 6.07 Å². The lowest BCUT2D eigenvalue weighted by Gasteiger charge is -2.14. The maximum Gasteiger partial charge on any atom is 0.164 e. The molecule has 4 heteroatoms. The largest absolute Gasteiger partial charge is 0.309 e. The van der Waals surface area contributed by atoms with Crippen LogP contribution in [0.15, 0.2) is 243 Å². The Morgan fingerprint density at radius 2 is 0.761 bits per heavy atom. The number of aromatic nitrogens is 4. The van der Waals surface area contributed by atoms with Crippen molar-refractivity contribution in [2.24, 2.45) is 0 Å². The van der Waals surface area contributed by atoms with Gasteiger partial charge in [0.1, 0.15) is 0 Å². The normalized spacial score (nSPS) is 11.6. The van der Waals surface area contributed by atoms with E-state index in [0.717, 1.165) is 39.1 Å². The van der Waals surface area contributed by atoms with Crippen molar-refractivity contribution in [1.82, 2.24) is 19.5 Å². The first-order valence-electron chi connectivity index (χ1n) is 22.8. The third-order valence-corrected chi connectivity index (χ3v) is 13.3. The first-order chi connectivity index (χ1) is 33.2. The van der Waals surface area contributed by atoms with Crippen LogP contribution < -0.4 is 0 Å². The van der Waals surface area contributed by atoms with Crippen LogP contribution in [0.3, 0.4) is 0 Å². The summed E-state index contributed by atoms with van der Waals surface area (Å²) >= 11 is 0. The number of nitrogens with zero attached hydrogens (tertiary/aromatic N) is 4. The van der Waals surface area contributed by atoms with Crippen LogP contribution in [0.2, 0.25) is 0 Å². The second-order valence-corrected chi connectivity index (χ2v) is 17.1. The Hall–Kier alpha value is -8.99. The molecule has 4 nitrogen and oxygen atoms in total. The molecule has 67 heavy (non-hydrogen) atoms. The molecule has 0 aliphatic rings. The molecule has 0 bridgehead atoms. The molecule has 11 aromatic carbocycles. The van der Waals surface area contributed by atoms with E-state index in [4.69, 9.17) is 15.0 Å². The number of benzene rings is 11. The van der Waals surface area contributed by atoms with Gasteiger partial charge >= 0.3 is 0 Å². The molecular weight excluding hydrogens is 813 g/mol. The van der Waals surface area contributed by atoms with E-state index >= 15 is 0 Å². The Labute approximate surface area is 387 Å². The van der Waals surface area contributed by atoms with Gasteiger partial charge in [-0.05, 0) is 96.0 Å². The zero-order valence-corrected chi connectivity index (χ0v) is 36.4. The van der Waals surface area contributed by atoms with E-state index in [1.165, 1.54) is 70.8 Å². The van der Waals surface area contributed by atoms with Crippen molar-refractivity contribution in [2.75, 3.05) is 0 Å². The van der Waals surface area contributed by atoms with Crippen molar-refractivity contribution >= 4 is 54.1 Å². The summed E-state index contributed by atoms with van der Waals surface area (Å²) in [7, 11) is 0. The highest BCUT2D eigenvalue weighted by Crippen LogP contribution is 2.41. The van der Waals surface area contributed by atoms with Gasteiger partial charge in [0.15, 0.2) is 17.5 Å². The van der Waals surface area contributed by atoms with E-state index in [1.54, 1.807) is 0 Å². The van der Waals surface area contributed by atoms with Crippen molar-refractivity contribution in [3.05, 3.63) is 243 Å². The molecule has 0 unspecified atom stereocenters. The van der Waals surface area contributed by atoms with Crippen molar-refractivity contribution in [3.63, 3.8) is 0 Å². The van der Waals surface area contributed by atoms with E-state index in [-0.39, 0.29) is 0 Å². The van der Waals surface area contributed by atoms with Gasteiger partial charge in [-0.15, -0.1) is 0 Å². The molecule has 0 fully saturated rings. The quantitative estimate of drug-likeness (QED) is 0.118. The number of hydrogen-bond donors (Lipinski definition) is 0. The van der Waals surface area contributed by atoms with Gasteiger partial charge in [-0.1, -0.05) is 212 Å². The highest BCUT2D eigenvalue weighted by atomic mass is 15.0. The second kappa shape index (κ2) is 15.9. The van der Waals surface area contributed by atoms with Crippen molar-refractivity contribution < 1.29 is 0 Å². The SMILES string of the molecule is c1ccc(-c2ccc(-c3nc(-c4ccc(-c5c6ccccc6cc6c5ccc5ccccc56)cc4)nc(-c4ccc(-c5cccc6c5c5ccccc5n6-c5ccccc5)cc4)n3)cc2)cc1. The van der Waals surface area contributed by atoms with Crippen LogP contribution >= 0.6 is 0 Å². The molecule has 2 heterocycles. The maximum absolute atomic E-state index is 5.21. The minimum absolute atomic E-state index is 0.619. The number of fused-ring (bicyclic) bond motifs is 7. The molecule has 312 valence electrons. The zero-order valence-electron chi connectivity index (χ0n) is 36.4. The average Bonchev–Trinajstić information content (AvgIpc) is 3.75. The molecule has 13 rings (SSSR count). The molecule has 0 amide bonds. The minimum atomic E-state index is 0.619. The summed E-state index contributed by atoms with van der Waals surface area (Å²) in [5.41, 5.74) is 13.2. The molecule has 0 aliphatic heterocycles. The monoisotopic (exact) mass is 852 g/mol. The van der Waals surface area contributed by atoms with E-state index < -0.39 is 0 Å². The molecule has 0 saturated carbocycles. The molecular formula is C63H40N4. The second-order valence-electron chi connectivity index (χ2n) is 17.1. The predicted octanol–water partition coefficient (Wildman–Crippen LogP) is 16.4. The van der Waals surface area contributed by atoms with Gasteiger partial charge in [0.05, 0.1) is 11.0 Å². The summed E-state index contributed by atoms with van der Waals surface area (Å²) in [6, 6.07) is 86.5. The van der Waals surface area contributed by atoms with Gasteiger partial charge < -0.3 is 4.57 Å². The maximum atomic E-state index is 5.21. The van der Waals surface area contributed by atoms with Gasteiger partial charge in [0.2, 0.25) is 0 Å². The summed E-state index contributed by atoms with van der Waals surface area (Å²) < 4.78 is 2.36. The third-order valence-electron chi connectivity index (χ3n) is 13.3. The predicted molar refractivity (Wildman–Crippen MR) is 279 cm³/mol. The van der Waals surface area contributed by atoms with Gasteiger partial charge in [0.25, 0.3) is 0 Å². The van der Waals surface area contributed by atoms with Crippen LogP contribution in [-0.2, 0) is 0 Å². The van der Waals surface area contributed by atoms with Gasteiger partial charge in [-0.2, -0.15) is 0 Å². The Bertz CT molecular complexity index is 3990. The lowest BCUT2D eigenvalue weighted by Crippen LogP contribution is -2.00. The average molecular weight is 853 g/mol. The lowest BCUT2D eigenvalue weighted by atomic mass is 9.89. The van der Waals surface area contributed by atoms with Crippen LogP contribution in [0.1, 0.15) is 0 Å². The van der Waals surface area contributed by atoms with E-state index in [0.29, 0.717) is 17.5 Å². The molecule has 0 saturated heterocycles. The Balaban J connectivity index is 0.924.